The van der Waals surface area contributed by atoms with Gasteiger partial charge in [0, 0.05) is 29.8 Å². The maximum Gasteiger partial charge on any atom is 0.232 e. The van der Waals surface area contributed by atoms with E-state index in [1.807, 2.05) is 22.7 Å². The molecule has 1 saturated heterocycles. The van der Waals surface area contributed by atoms with E-state index in [1.165, 1.54) is 43.1 Å². The van der Waals surface area contributed by atoms with Gasteiger partial charge in [0.2, 0.25) is 5.91 Å². The Labute approximate surface area is 167 Å². The normalized spacial score (nSPS) is 20.9. The van der Waals surface area contributed by atoms with Crippen LogP contribution in [-0.4, -0.2) is 45.1 Å². The Balaban J connectivity index is 1.38. The average Bonchev–Trinajstić information content (AvgIpc) is 3.39. The number of carbonyl (C=O) groups is 1. The zero-order chi connectivity index (χ0) is 18.6. The summed E-state index contributed by atoms with van der Waals surface area (Å²) < 4.78 is 14.0. The number of piperidine rings is 1. The van der Waals surface area contributed by atoms with Crippen LogP contribution < -0.4 is 0 Å². The predicted molar refractivity (Wildman–Crippen MR) is 109 cm³/mol. The summed E-state index contributed by atoms with van der Waals surface area (Å²) in [6, 6.07) is 6.66. The van der Waals surface area contributed by atoms with E-state index in [1.54, 1.807) is 12.1 Å². The van der Waals surface area contributed by atoms with E-state index in [4.69, 9.17) is 0 Å². The minimum Gasteiger partial charge on any atom is -0.341 e. The summed E-state index contributed by atoms with van der Waals surface area (Å²) in [6.45, 7) is 1.54. The van der Waals surface area contributed by atoms with Crippen LogP contribution in [0.2, 0.25) is 0 Å². The summed E-state index contributed by atoms with van der Waals surface area (Å²) in [6.07, 6.45) is 7.11. The molecule has 1 amide bonds. The van der Waals surface area contributed by atoms with Gasteiger partial charge in [0.25, 0.3) is 0 Å². The van der Waals surface area contributed by atoms with Crippen molar-refractivity contribution in [2.75, 3.05) is 18.8 Å². The molecular weight excluding hydrogens is 381 g/mol. The molecule has 1 aromatic heterocycles. The SMILES string of the molecule is O=C(CSC1CCCC1)N1CCC[C@@H](c2nnc(-c3ccccc3F)s2)C1. The third kappa shape index (κ3) is 4.51. The largest absolute Gasteiger partial charge is 0.341 e. The lowest BCUT2D eigenvalue weighted by atomic mass is 9.99. The second-order valence-corrected chi connectivity index (χ2v) is 9.62. The van der Waals surface area contributed by atoms with Crippen LogP contribution in [0.5, 0.6) is 0 Å². The maximum absolute atomic E-state index is 14.0. The minimum atomic E-state index is -0.274. The number of aromatic nitrogens is 2. The average molecular weight is 406 g/mol. The first kappa shape index (κ1) is 18.9. The first-order chi connectivity index (χ1) is 13.2. The van der Waals surface area contributed by atoms with E-state index in [2.05, 4.69) is 10.2 Å². The van der Waals surface area contributed by atoms with Crippen molar-refractivity contribution in [2.24, 2.45) is 0 Å². The number of nitrogens with zero attached hydrogens (tertiary/aromatic N) is 3. The van der Waals surface area contributed by atoms with Crippen LogP contribution in [0.25, 0.3) is 10.6 Å². The summed E-state index contributed by atoms with van der Waals surface area (Å²) in [5.41, 5.74) is 0.498. The van der Waals surface area contributed by atoms with E-state index in [-0.39, 0.29) is 17.6 Å². The van der Waals surface area contributed by atoms with Crippen molar-refractivity contribution < 1.29 is 9.18 Å². The highest BCUT2D eigenvalue weighted by molar-refractivity contribution is 8.00. The molecule has 2 heterocycles. The van der Waals surface area contributed by atoms with E-state index in [0.717, 1.165) is 24.4 Å². The number of rotatable bonds is 5. The predicted octanol–water partition coefficient (Wildman–Crippen LogP) is 4.73. The van der Waals surface area contributed by atoms with Crippen molar-refractivity contribution in [3.63, 3.8) is 0 Å². The van der Waals surface area contributed by atoms with Gasteiger partial charge in [-0.2, -0.15) is 0 Å². The molecule has 27 heavy (non-hydrogen) atoms. The fourth-order valence-corrected chi connectivity index (χ4v) is 6.11. The number of thioether (sulfide) groups is 1. The lowest BCUT2D eigenvalue weighted by Crippen LogP contribution is -2.40. The van der Waals surface area contributed by atoms with Gasteiger partial charge in [-0.05, 0) is 37.8 Å². The van der Waals surface area contributed by atoms with Crippen molar-refractivity contribution in [2.45, 2.75) is 49.7 Å². The van der Waals surface area contributed by atoms with Crippen molar-refractivity contribution >= 4 is 29.0 Å². The molecule has 4 nitrogen and oxygen atoms in total. The summed E-state index contributed by atoms with van der Waals surface area (Å²) in [5.74, 6) is 0.769. The molecule has 1 aliphatic carbocycles. The van der Waals surface area contributed by atoms with Gasteiger partial charge in [0.05, 0.1) is 5.75 Å². The molecule has 7 heteroatoms. The monoisotopic (exact) mass is 405 g/mol. The molecule has 0 spiro atoms. The first-order valence-electron chi connectivity index (χ1n) is 9.68. The second kappa shape index (κ2) is 8.69. The van der Waals surface area contributed by atoms with Crippen LogP contribution in [0.1, 0.15) is 49.5 Å². The molecule has 0 bridgehead atoms. The van der Waals surface area contributed by atoms with Crippen molar-refractivity contribution in [1.29, 1.82) is 0 Å². The third-order valence-corrected chi connectivity index (χ3v) is 7.89. The number of halogens is 1. The van der Waals surface area contributed by atoms with Gasteiger partial charge >= 0.3 is 0 Å². The summed E-state index contributed by atoms with van der Waals surface area (Å²) in [4.78, 5) is 14.6. The summed E-state index contributed by atoms with van der Waals surface area (Å²) >= 11 is 3.28. The Bertz CT molecular complexity index is 791. The molecule has 1 aliphatic heterocycles. The number of hydrogen-bond acceptors (Lipinski definition) is 5. The Morgan fingerprint density at radius 1 is 1.19 bits per heavy atom. The highest BCUT2D eigenvalue weighted by Crippen LogP contribution is 2.34. The Kier molecular flexibility index (Phi) is 6.08. The molecule has 2 aromatic rings. The van der Waals surface area contributed by atoms with Gasteiger partial charge in [-0.3, -0.25) is 4.79 Å². The lowest BCUT2D eigenvalue weighted by molar-refractivity contribution is -0.129. The second-order valence-electron chi connectivity index (χ2n) is 7.32. The third-order valence-electron chi connectivity index (χ3n) is 5.41. The fraction of sp³-hybridized carbons (Fsp3) is 0.550. The van der Waals surface area contributed by atoms with Gasteiger partial charge in [0.1, 0.15) is 10.8 Å². The zero-order valence-corrected chi connectivity index (χ0v) is 16.9. The van der Waals surface area contributed by atoms with Gasteiger partial charge in [-0.1, -0.05) is 36.3 Å². The molecule has 1 aromatic carbocycles. The number of amides is 1. The molecule has 2 aliphatic rings. The van der Waals surface area contributed by atoms with Gasteiger partial charge < -0.3 is 4.90 Å². The number of carbonyl (C=O) groups excluding carboxylic acids is 1. The van der Waals surface area contributed by atoms with Crippen LogP contribution >= 0.6 is 23.1 Å². The van der Waals surface area contributed by atoms with Crippen LogP contribution in [0.4, 0.5) is 4.39 Å². The van der Waals surface area contributed by atoms with E-state index in [0.29, 0.717) is 28.1 Å². The summed E-state index contributed by atoms with van der Waals surface area (Å²) in [5, 5.41) is 10.7. The van der Waals surface area contributed by atoms with E-state index >= 15 is 0 Å². The topological polar surface area (TPSA) is 46.1 Å². The van der Waals surface area contributed by atoms with Crippen LogP contribution in [0.15, 0.2) is 24.3 Å². The quantitative estimate of drug-likeness (QED) is 0.722. The van der Waals surface area contributed by atoms with E-state index < -0.39 is 0 Å². The zero-order valence-electron chi connectivity index (χ0n) is 15.3. The van der Waals surface area contributed by atoms with Gasteiger partial charge in [-0.25, -0.2) is 4.39 Å². The van der Waals surface area contributed by atoms with E-state index in [9.17, 15) is 9.18 Å². The molecule has 144 valence electrons. The van der Waals surface area contributed by atoms with Crippen molar-refractivity contribution in [3.05, 3.63) is 35.1 Å². The highest BCUT2D eigenvalue weighted by Gasteiger charge is 2.28. The number of benzene rings is 1. The van der Waals surface area contributed by atoms with Crippen molar-refractivity contribution in [3.8, 4) is 10.6 Å². The van der Waals surface area contributed by atoms with Gasteiger partial charge in [0.15, 0.2) is 5.01 Å². The molecule has 1 atom stereocenters. The molecule has 4 rings (SSSR count). The Hall–Kier alpha value is -1.47. The fourth-order valence-electron chi connectivity index (χ4n) is 3.88. The smallest absolute Gasteiger partial charge is 0.232 e. The lowest BCUT2D eigenvalue weighted by Gasteiger charge is -2.31. The van der Waals surface area contributed by atoms with Gasteiger partial charge in [-0.15, -0.1) is 22.0 Å². The molecule has 2 fully saturated rings. The standard InChI is InChI=1S/C20H24FN3OS2/c21-17-10-4-3-9-16(17)20-23-22-19(27-20)14-6-5-11-24(12-14)18(25)13-26-15-7-1-2-8-15/h3-4,9-10,14-15H,1-2,5-8,11-13H2/t14-/m1/s1. The van der Waals surface area contributed by atoms with Crippen LogP contribution in [0.3, 0.4) is 0 Å². The minimum absolute atomic E-state index is 0.206. The van der Waals surface area contributed by atoms with Crippen LogP contribution in [-0.2, 0) is 4.79 Å². The Morgan fingerprint density at radius 2 is 2.00 bits per heavy atom. The highest BCUT2D eigenvalue weighted by atomic mass is 32.2. The van der Waals surface area contributed by atoms with Crippen molar-refractivity contribution in [1.82, 2.24) is 15.1 Å². The number of hydrogen-bond donors (Lipinski definition) is 0. The molecule has 0 unspecified atom stereocenters. The molecular formula is C20H24FN3OS2. The maximum atomic E-state index is 14.0. The number of likely N-dealkylation sites (tertiary alicyclic amines) is 1. The molecule has 0 radical (unpaired) electrons. The first-order valence-corrected chi connectivity index (χ1v) is 11.5. The molecule has 0 N–H and O–H groups in total. The Morgan fingerprint density at radius 3 is 2.81 bits per heavy atom. The molecule has 1 saturated carbocycles. The van der Waals surface area contributed by atoms with Crippen LogP contribution in [0, 0.1) is 5.82 Å². The summed E-state index contributed by atoms with van der Waals surface area (Å²) in [7, 11) is 0.